The van der Waals surface area contributed by atoms with Crippen LogP contribution in [0.15, 0.2) is 79.0 Å². The smallest absolute Gasteiger partial charge is 0.328 e. The Morgan fingerprint density at radius 1 is 1.00 bits per heavy atom. The summed E-state index contributed by atoms with van der Waals surface area (Å²) in [6.07, 6.45) is 1.57. The van der Waals surface area contributed by atoms with E-state index in [-0.39, 0.29) is 12.1 Å². The Morgan fingerprint density at radius 3 is 2.31 bits per heavy atom. The van der Waals surface area contributed by atoms with Crippen LogP contribution in [0.3, 0.4) is 0 Å². The lowest BCUT2D eigenvalue weighted by Gasteiger charge is -2.26. The fourth-order valence-electron chi connectivity index (χ4n) is 2.65. The number of carbonyl (C=O) groups excluding carboxylic acids is 1. The van der Waals surface area contributed by atoms with E-state index in [2.05, 4.69) is 15.8 Å². The number of benzene rings is 2. The highest BCUT2D eigenvalue weighted by Crippen LogP contribution is 2.30. The SMILES string of the molecule is CC(NC(=O)N(c1ccccc1)c1ncccc1NO)c1ccccc1. The van der Waals surface area contributed by atoms with Crippen molar-refractivity contribution in [2.24, 2.45) is 0 Å². The van der Waals surface area contributed by atoms with Crippen molar-refractivity contribution in [3.8, 4) is 0 Å². The van der Waals surface area contributed by atoms with Crippen molar-refractivity contribution in [2.75, 3.05) is 10.4 Å². The standard InChI is InChI=1S/C20H20N4O2/c1-15(16-9-4-2-5-10-16)22-20(25)24(17-11-6-3-7-12-17)19-18(23-26)13-8-14-21-19/h2-15,23,26H,1H3,(H,22,25). The highest BCUT2D eigenvalue weighted by molar-refractivity contribution is 6.01. The van der Waals surface area contributed by atoms with E-state index in [9.17, 15) is 10.0 Å². The van der Waals surface area contributed by atoms with E-state index < -0.39 is 0 Å². The van der Waals surface area contributed by atoms with Gasteiger partial charge in [0, 0.05) is 6.20 Å². The third-order valence-electron chi connectivity index (χ3n) is 3.98. The lowest BCUT2D eigenvalue weighted by molar-refractivity contribution is 0.245. The van der Waals surface area contributed by atoms with Gasteiger partial charge in [-0.05, 0) is 36.8 Å². The third-order valence-corrected chi connectivity index (χ3v) is 3.98. The van der Waals surface area contributed by atoms with Gasteiger partial charge < -0.3 is 5.32 Å². The van der Waals surface area contributed by atoms with Crippen LogP contribution in [0.2, 0.25) is 0 Å². The van der Waals surface area contributed by atoms with Crippen molar-refractivity contribution >= 4 is 23.2 Å². The molecular weight excluding hydrogens is 328 g/mol. The zero-order valence-electron chi connectivity index (χ0n) is 14.3. The summed E-state index contributed by atoms with van der Waals surface area (Å²) < 4.78 is 0. The zero-order valence-corrected chi connectivity index (χ0v) is 14.3. The predicted molar refractivity (Wildman–Crippen MR) is 102 cm³/mol. The quantitative estimate of drug-likeness (QED) is 0.594. The summed E-state index contributed by atoms with van der Waals surface area (Å²) in [4.78, 5) is 18.8. The summed E-state index contributed by atoms with van der Waals surface area (Å²) in [6, 6.07) is 21.7. The predicted octanol–water partition coefficient (Wildman–Crippen LogP) is 4.49. The number of rotatable bonds is 5. The molecule has 3 rings (SSSR count). The van der Waals surface area contributed by atoms with E-state index in [0.717, 1.165) is 5.56 Å². The summed E-state index contributed by atoms with van der Waals surface area (Å²) in [7, 11) is 0. The molecule has 1 atom stereocenters. The molecular formula is C20H20N4O2. The van der Waals surface area contributed by atoms with Gasteiger partial charge in [-0.3, -0.25) is 10.7 Å². The second-order valence-electron chi connectivity index (χ2n) is 5.74. The first-order valence-electron chi connectivity index (χ1n) is 8.26. The van der Waals surface area contributed by atoms with Crippen LogP contribution in [-0.4, -0.2) is 16.2 Å². The van der Waals surface area contributed by atoms with Crippen LogP contribution in [0.5, 0.6) is 0 Å². The van der Waals surface area contributed by atoms with Crippen molar-refractivity contribution in [1.82, 2.24) is 10.3 Å². The summed E-state index contributed by atoms with van der Waals surface area (Å²) in [5.41, 5.74) is 4.07. The normalized spacial score (nSPS) is 11.5. The Kier molecular flexibility index (Phi) is 5.46. The minimum Gasteiger partial charge on any atom is -0.331 e. The van der Waals surface area contributed by atoms with E-state index in [1.54, 1.807) is 18.3 Å². The molecule has 1 aromatic heterocycles. The van der Waals surface area contributed by atoms with Gasteiger partial charge in [-0.2, -0.15) is 0 Å². The molecule has 0 aliphatic carbocycles. The van der Waals surface area contributed by atoms with E-state index in [1.807, 2.05) is 67.6 Å². The largest absolute Gasteiger partial charge is 0.331 e. The average Bonchev–Trinajstić information content (AvgIpc) is 2.70. The maximum atomic E-state index is 13.1. The molecule has 6 nitrogen and oxygen atoms in total. The molecule has 0 spiro atoms. The lowest BCUT2D eigenvalue weighted by Crippen LogP contribution is -2.39. The number of hydrogen-bond donors (Lipinski definition) is 3. The van der Waals surface area contributed by atoms with E-state index in [0.29, 0.717) is 17.2 Å². The zero-order chi connectivity index (χ0) is 18.4. The van der Waals surface area contributed by atoms with Crippen molar-refractivity contribution in [1.29, 1.82) is 0 Å². The number of hydrogen-bond acceptors (Lipinski definition) is 4. The monoisotopic (exact) mass is 348 g/mol. The number of anilines is 3. The second-order valence-corrected chi connectivity index (χ2v) is 5.74. The number of nitrogens with zero attached hydrogens (tertiary/aromatic N) is 2. The Labute approximate surface area is 152 Å². The molecule has 6 heteroatoms. The van der Waals surface area contributed by atoms with Crippen LogP contribution < -0.4 is 15.7 Å². The van der Waals surface area contributed by atoms with Crippen molar-refractivity contribution in [3.05, 3.63) is 84.6 Å². The Hall–Kier alpha value is -3.38. The van der Waals surface area contributed by atoms with Crippen molar-refractivity contribution in [2.45, 2.75) is 13.0 Å². The van der Waals surface area contributed by atoms with Gasteiger partial charge in [0.05, 0.1) is 11.7 Å². The fourth-order valence-corrected chi connectivity index (χ4v) is 2.65. The highest BCUT2D eigenvalue weighted by atomic mass is 16.5. The number of amides is 2. The fraction of sp³-hybridized carbons (Fsp3) is 0.100. The average molecular weight is 348 g/mol. The van der Waals surface area contributed by atoms with Gasteiger partial charge in [0.2, 0.25) is 0 Å². The number of carbonyl (C=O) groups is 1. The molecule has 132 valence electrons. The molecule has 2 aromatic carbocycles. The summed E-state index contributed by atoms with van der Waals surface area (Å²) in [5.74, 6) is 0.305. The van der Waals surface area contributed by atoms with Gasteiger partial charge in [-0.25, -0.2) is 14.7 Å². The molecule has 2 amide bonds. The van der Waals surface area contributed by atoms with Crippen molar-refractivity contribution < 1.29 is 10.0 Å². The second kappa shape index (κ2) is 8.13. The Morgan fingerprint density at radius 2 is 1.65 bits per heavy atom. The van der Waals surface area contributed by atoms with Crippen LogP contribution in [0, 0.1) is 0 Å². The summed E-state index contributed by atoms with van der Waals surface area (Å²) in [6.45, 7) is 1.92. The molecule has 0 aliphatic heterocycles. The first-order valence-corrected chi connectivity index (χ1v) is 8.26. The van der Waals surface area contributed by atoms with Crippen molar-refractivity contribution in [3.63, 3.8) is 0 Å². The van der Waals surface area contributed by atoms with Crippen LogP contribution in [-0.2, 0) is 0 Å². The molecule has 26 heavy (non-hydrogen) atoms. The first-order chi connectivity index (χ1) is 12.7. The molecule has 1 heterocycles. The minimum atomic E-state index is -0.345. The lowest BCUT2D eigenvalue weighted by atomic mass is 10.1. The molecule has 3 aromatic rings. The van der Waals surface area contributed by atoms with Gasteiger partial charge in [0.1, 0.15) is 5.69 Å². The van der Waals surface area contributed by atoms with Crippen LogP contribution >= 0.6 is 0 Å². The maximum Gasteiger partial charge on any atom is 0.328 e. The maximum absolute atomic E-state index is 13.1. The van der Waals surface area contributed by atoms with Gasteiger partial charge in [-0.15, -0.1) is 0 Å². The molecule has 0 radical (unpaired) electrons. The van der Waals surface area contributed by atoms with Crippen LogP contribution in [0.4, 0.5) is 22.0 Å². The first kappa shape index (κ1) is 17.4. The van der Waals surface area contributed by atoms with E-state index in [1.165, 1.54) is 4.90 Å². The van der Waals surface area contributed by atoms with Crippen LogP contribution in [0.25, 0.3) is 0 Å². The minimum absolute atomic E-state index is 0.191. The number of para-hydroxylation sites is 1. The molecule has 0 saturated heterocycles. The van der Waals surface area contributed by atoms with Gasteiger partial charge in [0.25, 0.3) is 0 Å². The molecule has 3 N–H and O–H groups in total. The molecule has 0 bridgehead atoms. The Balaban J connectivity index is 1.94. The number of nitrogens with one attached hydrogen (secondary N) is 2. The molecule has 0 saturated carbocycles. The molecule has 1 unspecified atom stereocenters. The molecule has 0 aliphatic rings. The van der Waals surface area contributed by atoms with E-state index in [4.69, 9.17) is 0 Å². The third kappa shape index (κ3) is 3.81. The highest BCUT2D eigenvalue weighted by Gasteiger charge is 2.23. The topological polar surface area (TPSA) is 77.5 Å². The van der Waals surface area contributed by atoms with E-state index >= 15 is 0 Å². The summed E-state index contributed by atoms with van der Waals surface area (Å²) in [5, 5.41) is 12.4. The summed E-state index contributed by atoms with van der Waals surface area (Å²) >= 11 is 0. The van der Waals surface area contributed by atoms with Gasteiger partial charge in [-0.1, -0.05) is 48.5 Å². The van der Waals surface area contributed by atoms with Crippen LogP contribution in [0.1, 0.15) is 18.5 Å². The number of aromatic nitrogens is 1. The molecule has 0 fully saturated rings. The number of urea groups is 1. The van der Waals surface area contributed by atoms with Gasteiger partial charge >= 0.3 is 6.03 Å². The number of pyridine rings is 1. The Bertz CT molecular complexity index is 856. The van der Waals surface area contributed by atoms with Gasteiger partial charge in [0.15, 0.2) is 5.82 Å².